The summed E-state index contributed by atoms with van der Waals surface area (Å²) in [5.74, 6) is 1.22. The number of halogens is 2. The number of fused-ring (bicyclic) bond motifs is 1. The van der Waals surface area contributed by atoms with E-state index in [1.54, 1.807) is 16.8 Å². The third-order valence-corrected chi connectivity index (χ3v) is 6.48. The van der Waals surface area contributed by atoms with Crippen molar-refractivity contribution in [2.75, 3.05) is 20.2 Å². The first-order valence-electron chi connectivity index (χ1n) is 8.83. The summed E-state index contributed by atoms with van der Waals surface area (Å²) in [6, 6.07) is 15.2. The van der Waals surface area contributed by atoms with Gasteiger partial charge in [0.1, 0.15) is 17.2 Å². The van der Waals surface area contributed by atoms with E-state index >= 15 is 0 Å². The van der Waals surface area contributed by atoms with Crippen LogP contribution in [0.15, 0.2) is 52.9 Å². The molecule has 0 fully saturated rings. The van der Waals surface area contributed by atoms with Crippen LogP contribution < -0.4 is 4.74 Å². The molecule has 2 aromatic heterocycles. The molecule has 29 heavy (non-hydrogen) atoms. The van der Waals surface area contributed by atoms with Crippen LogP contribution in [-0.2, 0) is 6.67 Å². The SMILES string of the molecule is CN(CCOc1ccc(Cl)cc1)Cn1nc(-c2sc3ccccc3c2Cl)oc1=S. The quantitative estimate of drug-likeness (QED) is 0.297. The molecule has 0 amide bonds. The summed E-state index contributed by atoms with van der Waals surface area (Å²) in [5, 5.41) is 6.84. The highest BCUT2D eigenvalue weighted by molar-refractivity contribution is 7.71. The highest BCUT2D eigenvalue weighted by atomic mass is 35.5. The Morgan fingerprint density at radius 2 is 1.93 bits per heavy atom. The van der Waals surface area contributed by atoms with Gasteiger partial charge in [-0.25, -0.2) is 4.68 Å². The zero-order chi connectivity index (χ0) is 20.4. The van der Waals surface area contributed by atoms with Crippen molar-refractivity contribution in [1.82, 2.24) is 14.7 Å². The molecule has 0 N–H and O–H groups in total. The summed E-state index contributed by atoms with van der Waals surface area (Å²) in [4.78, 5) is 3.13. The Hall–Kier alpha value is -1.90. The molecule has 4 aromatic rings. The zero-order valence-electron chi connectivity index (χ0n) is 15.5. The smallest absolute Gasteiger partial charge is 0.288 e. The number of hydrogen-bond acceptors (Lipinski definition) is 6. The molecule has 2 aromatic carbocycles. The van der Waals surface area contributed by atoms with E-state index in [4.69, 9.17) is 44.6 Å². The second-order valence-electron chi connectivity index (χ2n) is 6.44. The monoisotopic (exact) mass is 465 g/mol. The Labute approximate surface area is 187 Å². The first-order valence-corrected chi connectivity index (χ1v) is 10.8. The van der Waals surface area contributed by atoms with Crippen molar-refractivity contribution < 1.29 is 9.15 Å². The molecular weight excluding hydrogens is 449 g/mol. The van der Waals surface area contributed by atoms with Crippen LogP contribution in [0.1, 0.15) is 0 Å². The predicted molar refractivity (Wildman–Crippen MR) is 121 cm³/mol. The van der Waals surface area contributed by atoms with E-state index in [1.165, 1.54) is 11.3 Å². The van der Waals surface area contributed by atoms with Gasteiger partial charge in [0, 0.05) is 21.7 Å². The van der Waals surface area contributed by atoms with Gasteiger partial charge in [0.15, 0.2) is 0 Å². The van der Waals surface area contributed by atoms with Crippen molar-refractivity contribution in [3.63, 3.8) is 0 Å². The number of ether oxygens (including phenoxy) is 1. The second-order valence-corrected chi connectivity index (χ2v) is 8.65. The molecule has 0 unspecified atom stereocenters. The van der Waals surface area contributed by atoms with Gasteiger partial charge in [-0.2, -0.15) is 0 Å². The highest BCUT2D eigenvalue weighted by Gasteiger charge is 2.18. The van der Waals surface area contributed by atoms with Gasteiger partial charge in [0.2, 0.25) is 0 Å². The van der Waals surface area contributed by atoms with E-state index < -0.39 is 0 Å². The third kappa shape index (κ3) is 4.65. The number of likely N-dealkylation sites (N-methyl/N-ethyl adjacent to an activating group) is 1. The third-order valence-electron chi connectivity index (χ3n) is 4.27. The van der Waals surface area contributed by atoms with Gasteiger partial charge < -0.3 is 9.15 Å². The average molecular weight is 466 g/mol. The number of nitrogens with zero attached hydrogens (tertiary/aromatic N) is 3. The Kier molecular flexibility index (Phi) is 6.22. The lowest BCUT2D eigenvalue weighted by molar-refractivity contribution is 0.196. The molecule has 0 bridgehead atoms. The summed E-state index contributed by atoms with van der Waals surface area (Å²) in [5.41, 5.74) is 0. The first-order chi connectivity index (χ1) is 14.0. The molecule has 4 rings (SSSR count). The van der Waals surface area contributed by atoms with Gasteiger partial charge in [-0.3, -0.25) is 4.90 Å². The lowest BCUT2D eigenvalue weighted by Gasteiger charge is -2.16. The Morgan fingerprint density at radius 3 is 2.69 bits per heavy atom. The molecule has 0 aliphatic rings. The maximum absolute atomic E-state index is 6.53. The molecule has 150 valence electrons. The first kappa shape index (κ1) is 20.4. The van der Waals surface area contributed by atoms with Crippen LogP contribution in [0, 0.1) is 4.84 Å². The van der Waals surface area contributed by atoms with Crippen molar-refractivity contribution >= 4 is 56.8 Å². The van der Waals surface area contributed by atoms with Gasteiger partial charge in [-0.15, -0.1) is 16.4 Å². The van der Waals surface area contributed by atoms with Crippen LogP contribution in [0.25, 0.3) is 20.9 Å². The van der Waals surface area contributed by atoms with Crippen molar-refractivity contribution in [3.05, 3.63) is 63.4 Å². The molecule has 0 aliphatic heterocycles. The van der Waals surface area contributed by atoms with Crippen molar-refractivity contribution in [2.24, 2.45) is 0 Å². The Bertz CT molecular complexity index is 1180. The second kappa shape index (κ2) is 8.85. The minimum absolute atomic E-state index is 0.305. The molecule has 0 spiro atoms. The fraction of sp³-hybridized carbons (Fsp3) is 0.200. The lowest BCUT2D eigenvalue weighted by Crippen LogP contribution is -2.27. The molecule has 9 heteroatoms. The van der Waals surface area contributed by atoms with Crippen molar-refractivity contribution in [2.45, 2.75) is 6.67 Å². The van der Waals surface area contributed by atoms with Crippen molar-refractivity contribution in [3.8, 4) is 16.5 Å². The Morgan fingerprint density at radius 1 is 1.17 bits per heavy atom. The molecule has 0 saturated carbocycles. The topological polar surface area (TPSA) is 43.4 Å². The summed E-state index contributed by atoms with van der Waals surface area (Å²) >= 11 is 19.3. The summed E-state index contributed by atoms with van der Waals surface area (Å²) in [6.45, 7) is 1.70. The summed E-state index contributed by atoms with van der Waals surface area (Å²) < 4.78 is 14.2. The number of benzene rings is 2. The summed E-state index contributed by atoms with van der Waals surface area (Å²) in [6.07, 6.45) is 0. The largest absolute Gasteiger partial charge is 0.492 e. The Balaban J connectivity index is 1.41. The standard InChI is InChI=1S/C20H17Cl2N3O2S2/c1-24(10-11-26-14-8-6-13(21)7-9-14)12-25-20(28)27-19(23-25)18-17(22)15-4-2-3-5-16(15)29-18/h2-9H,10-12H2,1H3. The molecule has 5 nitrogen and oxygen atoms in total. The van der Waals surface area contributed by atoms with E-state index in [0.717, 1.165) is 20.7 Å². The minimum atomic E-state index is 0.305. The van der Waals surface area contributed by atoms with E-state index in [-0.39, 0.29) is 0 Å². The maximum atomic E-state index is 6.53. The number of aromatic nitrogens is 2. The van der Waals surface area contributed by atoms with Gasteiger partial charge in [-0.1, -0.05) is 41.4 Å². The van der Waals surface area contributed by atoms with Crippen LogP contribution in [0.3, 0.4) is 0 Å². The number of hydrogen-bond donors (Lipinski definition) is 0. The van der Waals surface area contributed by atoms with E-state index in [1.807, 2.05) is 48.3 Å². The molecule has 0 atom stereocenters. The van der Waals surface area contributed by atoms with Crippen LogP contribution in [-0.4, -0.2) is 34.9 Å². The zero-order valence-corrected chi connectivity index (χ0v) is 18.6. The van der Waals surface area contributed by atoms with Crippen LogP contribution in [0.4, 0.5) is 0 Å². The van der Waals surface area contributed by atoms with Gasteiger partial charge in [0.25, 0.3) is 10.7 Å². The van der Waals surface area contributed by atoms with Crippen LogP contribution in [0.5, 0.6) is 5.75 Å². The van der Waals surface area contributed by atoms with E-state index in [0.29, 0.717) is 40.6 Å². The minimum Gasteiger partial charge on any atom is -0.492 e. The lowest BCUT2D eigenvalue weighted by atomic mass is 10.2. The average Bonchev–Trinajstić information content (AvgIpc) is 3.24. The number of thiophene rings is 1. The fourth-order valence-corrected chi connectivity index (χ4v) is 4.53. The highest BCUT2D eigenvalue weighted by Crippen LogP contribution is 2.41. The molecule has 0 saturated heterocycles. The van der Waals surface area contributed by atoms with Crippen LogP contribution >= 0.6 is 46.8 Å². The molecule has 0 radical (unpaired) electrons. The van der Waals surface area contributed by atoms with Gasteiger partial charge in [-0.05, 0) is 49.6 Å². The summed E-state index contributed by atoms with van der Waals surface area (Å²) in [7, 11) is 1.97. The van der Waals surface area contributed by atoms with Crippen LogP contribution in [0.2, 0.25) is 10.0 Å². The molecule has 0 aliphatic carbocycles. The maximum Gasteiger partial charge on any atom is 0.288 e. The number of rotatable bonds is 7. The van der Waals surface area contributed by atoms with Gasteiger partial charge in [0.05, 0.1) is 11.7 Å². The fourth-order valence-electron chi connectivity index (χ4n) is 2.79. The normalized spacial score (nSPS) is 11.4. The van der Waals surface area contributed by atoms with E-state index in [2.05, 4.69) is 5.10 Å². The molecule has 2 heterocycles. The van der Waals surface area contributed by atoms with Gasteiger partial charge >= 0.3 is 0 Å². The predicted octanol–water partition coefficient (Wildman–Crippen LogP) is 6.36. The molecular formula is C20H17Cl2N3O2S2. The van der Waals surface area contributed by atoms with Crippen molar-refractivity contribution in [1.29, 1.82) is 0 Å². The van der Waals surface area contributed by atoms with E-state index in [9.17, 15) is 0 Å².